The minimum Gasteiger partial charge on any atom is -0.346 e. The predicted molar refractivity (Wildman–Crippen MR) is 101 cm³/mol. The van der Waals surface area contributed by atoms with Gasteiger partial charge in [-0.05, 0) is 26.5 Å². The van der Waals surface area contributed by atoms with Crippen LogP contribution in [0.5, 0.6) is 0 Å². The molecular weight excluding hydrogens is 328 g/mol. The fraction of sp³-hybridized carbons (Fsp3) is 0.632. The Hall–Kier alpha value is -2.15. The maximum atomic E-state index is 13.1. The first-order valence-corrected chi connectivity index (χ1v) is 9.46. The average molecular weight is 358 g/mol. The minimum absolute atomic E-state index is 0.0265. The zero-order valence-corrected chi connectivity index (χ0v) is 16.3. The number of hydrogen-bond donors (Lipinski definition) is 1. The molecule has 26 heavy (non-hydrogen) atoms. The van der Waals surface area contributed by atoms with Gasteiger partial charge < -0.3 is 14.8 Å². The number of likely N-dealkylation sites (N-methyl/N-ethyl adjacent to an activating group) is 1. The third-order valence-corrected chi connectivity index (χ3v) is 5.29. The van der Waals surface area contributed by atoms with Crippen LogP contribution in [0.1, 0.15) is 36.5 Å². The lowest BCUT2D eigenvalue weighted by atomic mass is 9.90. The van der Waals surface area contributed by atoms with E-state index in [0.29, 0.717) is 0 Å². The van der Waals surface area contributed by atoms with Gasteiger partial charge in [0.1, 0.15) is 5.82 Å². The molecule has 1 fully saturated rings. The predicted octanol–water partition coefficient (Wildman–Crippen LogP) is 1.67. The molecule has 3 heterocycles. The van der Waals surface area contributed by atoms with E-state index in [9.17, 15) is 4.79 Å². The third-order valence-electron chi connectivity index (χ3n) is 5.29. The van der Waals surface area contributed by atoms with Gasteiger partial charge in [-0.15, -0.1) is 0 Å². The van der Waals surface area contributed by atoms with Crippen molar-refractivity contribution in [1.82, 2.24) is 29.5 Å². The number of nitrogens with one attached hydrogen (secondary N) is 1. The molecule has 7 heteroatoms. The molecule has 142 valence electrons. The summed E-state index contributed by atoms with van der Waals surface area (Å²) in [6, 6.07) is 1.92. The molecular formula is C19H30N6O. The number of nitrogens with zero attached hydrogens (tertiary/aromatic N) is 5. The van der Waals surface area contributed by atoms with E-state index < -0.39 is 0 Å². The SMILES string of the molecule is CCc1nc([C@@H]2CN(C)C[C@H]2C(=O)N(C)CCCn2cccn2)c(C)[nH]1. The largest absolute Gasteiger partial charge is 0.346 e. The summed E-state index contributed by atoms with van der Waals surface area (Å²) in [4.78, 5) is 25.3. The van der Waals surface area contributed by atoms with Gasteiger partial charge >= 0.3 is 0 Å². The van der Waals surface area contributed by atoms with E-state index in [4.69, 9.17) is 4.98 Å². The molecule has 1 saturated heterocycles. The van der Waals surface area contributed by atoms with Gasteiger partial charge in [0.05, 0.1) is 11.6 Å². The Labute approximate surface area is 155 Å². The maximum Gasteiger partial charge on any atom is 0.227 e. The number of amides is 1. The first-order valence-electron chi connectivity index (χ1n) is 9.46. The summed E-state index contributed by atoms with van der Waals surface area (Å²) in [5.41, 5.74) is 2.16. The lowest BCUT2D eigenvalue weighted by Crippen LogP contribution is -2.37. The van der Waals surface area contributed by atoms with E-state index in [0.717, 1.165) is 56.2 Å². The molecule has 2 atom stereocenters. The number of H-pyrrole nitrogens is 1. The molecule has 0 bridgehead atoms. The number of imidazole rings is 1. The van der Waals surface area contributed by atoms with Crippen molar-refractivity contribution in [2.75, 3.05) is 33.7 Å². The van der Waals surface area contributed by atoms with Gasteiger partial charge in [-0.2, -0.15) is 5.10 Å². The second-order valence-electron chi connectivity index (χ2n) is 7.36. The second kappa shape index (κ2) is 8.03. The highest BCUT2D eigenvalue weighted by Crippen LogP contribution is 2.33. The molecule has 3 rings (SSSR count). The van der Waals surface area contributed by atoms with Gasteiger partial charge in [0, 0.05) is 63.7 Å². The quantitative estimate of drug-likeness (QED) is 0.817. The molecule has 0 radical (unpaired) electrons. The van der Waals surface area contributed by atoms with Crippen molar-refractivity contribution in [3.8, 4) is 0 Å². The Morgan fingerprint density at radius 2 is 2.23 bits per heavy atom. The summed E-state index contributed by atoms with van der Waals surface area (Å²) in [6.07, 6.45) is 5.52. The van der Waals surface area contributed by atoms with E-state index in [2.05, 4.69) is 35.9 Å². The molecule has 0 unspecified atom stereocenters. The van der Waals surface area contributed by atoms with E-state index in [1.54, 1.807) is 6.20 Å². The number of likely N-dealkylation sites (tertiary alicyclic amines) is 1. The lowest BCUT2D eigenvalue weighted by molar-refractivity contribution is -0.134. The third kappa shape index (κ3) is 3.98. The summed E-state index contributed by atoms with van der Waals surface area (Å²) in [6.45, 7) is 7.41. The van der Waals surface area contributed by atoms with Crippen LogP contribution < -0.4 is 0 Å². The molecule has 0 aromatic carbocycles. The van der Waals surface area contributed by atoms with E-state index in [-0.39, 0.29) is 17.7 Å². The van der Waals surface area contributed by atoms with Crippen molar-refractivity contribution in [2.24, 2.45) is 5.92 Å². The smallest absolute Gasteiger partial charge is 0.227 e. The van der Waals surface area contributed by atoms with Crippen molar-refractivity contribution in [3.63, 3.8) is 0 Å². The highest BCUT2D eigenvalue weighted by molar-refractivity contribution is 5.80. The monoisotopic (exact) mass is 358 g/mol. The molecule has 0 aliphatic carbocycles. The highest BCUT2D eigenvalue weighted by atomic mass is 16.2. The molecule has 7 nitrogen and oxygen atoms in total. The summed E-state index contributed by atoms with van der Waals surface area (Å²) >= 11 is 0. The van der Waals surface area contributed by atoms with Crippen LogP contribution in [0.3, 0.4) is 0 Å². The van der Waals surface area contributed by atoms with Crippen LogP contribution in [0.4, 0.5) is 0 Å². The average Bonchev–Trinajstić information content (AvgIpc) is 3.34. The normalized spacial score (nSPS) is 20.6. The van der Waals surface area contributed by atoms with Gasteiger partial charge in [-0.1, -0.05) is 6.92 Å². The highest BCUT2D eigenvalue weighted by Gasteiger charge is 2.40. The number of carbonyl (C=O) groups excluding carboxylic acids is 1. The van der Waals surface area contributed by atoms with Crippen LogP contribution in [-0.4, -0.2) is 69.2 Å². The Kier molecular flexibility index (Phi) is 5.76. The summed E-state index contributed by atoms with van der Waals surface area (Å²) in [5, 5.41) is 4.21. The van der Waals surface area contributed by atoms with E-state index >= 15 is 0 Å². The van der Waals surface area contributed by atoms with Gasteiger partial charge in [0.2, 0.25) is 5.91 Å². The van der Waals surface area contributed by atoms with Crippen LogP contribution >= 0.6 is 0 Å². The maximum absolute atomic E-state index is 13.1. The Morgan fingerprint density at radius 3 is 2.88 bits per heavy atom. The standard InChI is InChI=1S/C19H30N6O/c1-5-17-21-14(2)18(22-17)15-12-23(3)13-16(15)19(26)24(4)9-7-11-25-10-6-8-20-25/h6,8,10,15-16H,5,7,9,11-13H2,1-4H3,(H,21,22)/t15-,16-/m1/s1. The van der Waals surface area contributed by atoms with Crippen LogP contribution in [0.2, 0.25) is 0 Å². The number of rotatable bonds is 7. The van der Waals surface area contributed by atoms with Crippen molar-refractivity contribution in [2.45, 2.75) is 39.2 Å². The van der Waals surface area contributed by atoms with Crippen LogP contribution in [0, 0.1) is 12.8 Å². The minimum atomic E-state index is -0.0265. The fourth-order valence-electron chi connectivity index (χ4n) is 3.89. The van der Waals surface area contributed by atoms with Crippen LogP contribution in [0.15, 0.2) is 18.5 Å². The van der Waals surface area contributed by atoms with Crippen molar-refractivity contribution in [1.29, 1.82) is 0 Å². The van der Waals surface area contributed by atoms with Gasteiger partial charge in [0.15, 0.2) is 0 Å². The molecule has 1 N–H and O–H groups in total. The summed E-state index contributed by atoms with van der Waals surface area (Å²) in [7, 11) is 4.00. The van der Waals surface area contributed by atoms with Gasteiger partial charge in [-0.3, -0.25) is 9.48 Å². The number of hydrogen-bond acceptors (Lipinski definition) is 4. The zero-order valence-electron chi connectivity index (χ0n) is 16.3. The van der Waals surface area contributed by atoms with Crippen molar-refractivity contribution >= 4 is 5.91 Å². The molecule has 0 saturated carbocycles. The second-order valence-corrected chi connectivity index (χ2v) is 7.36. The van der Waals surface area contributed by atoms with Gasteiger partial charge in [0.25, 0.3) is 0 Å². The summed E-state index contributed by atoms with van der Waals surface area (Å²) < 4.78 is 1.91. The van der Waals surface area contributed by atoms with Crippen molar-refractivity contribution < 1.29 is 4.79 Å². The molecule has 0 spiro atoms. The van der Waals surface area contributed by atoms with Gasteiger partial charge in [-0.25, -0.2) is 4.98 Å². The number of aromatic nitrogens is 4. The Morgan fingerprint density at radius 1 is 1.42 bits per heavy atom. The number of aromatic amines is 1. The number of aryl methyl sites for hydroxylation is 3. The Balaban J connectivity index is 1.64. The molecule has 2 aromatic heterocycles. The first-order chi connectivity index (χ1) is 12.5. The molecule has 1 aliphatic heterocycles. The Bertz CT molecular complexity index is 722. The molecule has 2 aromatic rings. The molecule has 1 aliphatic rings. The van der Waals surface area contributed by atoms with Crippen molar-refractivity contribution in [3.05, 3.63) is 35.7 Å². The van der Waals surface area contributed by atoms with E-state index in [1.165, 1.54) is 0 Å². The van der Waals surface area contributed by atoms with Crippen LogP contribution in [0.25, 0.3) is 0 Å². The summed E-state index contributed by atoms with van der Waals surface area (Å²) in [5.74, 6) is 1.37. The zero-order chi connectivity index (χ0) is 18.7. The first kappa shape index (κ1) is 18.6. The fourth-order valence-corrected chi connectivity index (χ4v) is 3.89. The lowest BCUT2D eigenvalue weighted by Gasteiger charge is -2.24. The topological polar surface area (TPSA) is 70.1 Å². The van der Waals surface area contributed by atoms with Crippen LogP contribution in [-0.2, 0) is 17.8 Å². The molecule has 1 amide bonds. The number of carbonyl (C=O) groups is 1. The van der Waals surface area contributed by atoms with E-state index in [1.807, 2.05) is 28.9 Å².